The van der Waals surface area contributed by atoms with Gasteiger partial charge in [-0.15, -0.1) is 0 Å². The van der Waals surface area contributed by atoms with Crippen LogP contribution in [0.15, 0.2) is 41.6 Å². The van der Waals surface area contributed by atoms with Gasteiger partial charge in [0.15, 0.2) is 5.65 Å². The predicted molar refractivity (Wildman–Crippen MR) is 90.9 cm³/mol. The van der Waals surface area contributed by atoms with Gasteiger partial charge >= 0.3 is 5.97 Å². The third-order valence-corrected chi connectivity index (χ3v) is 4.62. The molecule has 23 heavy (non-hydrogen) atoms. The Balaban J connectivity index is 2.22. The average Bonchev–Trinajstić information content (AvgIpc) is 2.82. The Hall–Kier alpha value is -2.05. The fraction of sp³-hybridized carbons (Fsp3) is 0.188. The highest BCUT2D eigenvalue weighted by Crippen LogP contribution is 2.34. The number of hydrogen-bond acceptors (Lipinski definition) is 5. The predicted octanol–water partition coefficient (Wildman–Crippen LogP) is 4.13. The summed E-state index contributed by atoms with van der Waals surface area (Å²) in [6, 6.07) is 9.74. The molecule has 2 heterocycles. The van der Waals surface area contributed by atoms with Crippen molar-refractivity contribution in [3.05, 3.63) is 53.1 Å². The lowest BCUT2D eigenvalue weighted by Gasteiger charge is -2.09. The number of benzene rings is 1. The fourth-order valence-corrected chi connectivity index (χ4v) is 3.61. The third-order valence-electron chi connectivity index (χ3n) is 3.32. The van der Waals surface area contributed by atoms with Crippen LogP contribution < -0.4 is 0 Å². The summed E-state index contributed by atoms with van der Waals surface area (Å²) in [4.78, 5) is 21.7. The minimum Gasteiger partial charge on any atom is -0.461 e. The van der Waals surface area contributed by atoms with Crippen LogP contribution in [-0.2, 0) is 4.74 Å². The lowest BCUT2D eigenvalue weighted by molar-refractivity contribution is 0.0518. The van der Waals surface area contributed by atoms with Crippen LogP contribution in [0.4, 0.5) is 0 Å². The molecule has 0 saturated carbocycles. The Labute approximate surface area is 142 Å². The molecule has 5 nitrogen and oxygen atoms in total. The largest absolute Gasteiger partial charge is 0.461 e. The zero-order chi connectivity index (χ0) is 16.4. The summed E-state index contributed by atoms with van der Waals surface area (Å²) < 4.78 is 6.95. The zero-order valence-corrected chi connectivity index (χ0v) is 14.2. The maximum atomic E-state index is 12.4. The maximum absolute atomic E-state index is 12.4. The summed E-state index contributed by atoms with van der Waals surface area (Å²) in [5.41, 5.74) is 1.74. The topological polar surface area (TPSA) is 57.0 Å². The first kappa shape index (κ1) is 15.8. The molecule has 0 N–H and O–H groups in total. The van der Waals surface area contributed by atoms with E-state index in [-0.39, 0.29) is 0 Å². The number of esters is 1. The molecule has 0 aliphatic heterocycles. The van der Waals surface area contributed by atoms with Crippen LogP contribution in [0, 0.1) is 6.92 Å². The molecule has 0 aliphatic rings. The van der Waals surface area contributed by atoms with Crippen molar-refractivity contribution in [1.29, 1.82) is 0 Å². The van der Waals surface area contributed by atoms with E-state index in [9.17, 15) is 4.79 Å². The van der Waals surface area contributed by atoms with Gasteiger partial charge in [-0.3, -0.25) is 3.97 Å². The second kappa shape index (κ2) is 6.60. The highest BCUT2D eigenvalue weighted by atomic mass is 35.5. The minimum absolute atomic E-state index is 0.301. The summed E-state index contributed by atoms with van der Waals surface area (Å²) in [5.74, 6) is -0.400. The van der Waals surface area contributed by atoms with Gasteiger partial charge in [-0.1, -0.05) is 29.8 Å². The lowest BCUT2D eigenvalue weighted by Crippen LogP contribution is -2.10. The summed E-state index contributed by atoms with van der Waals surface area (Å²) in [6.07, 6.45) is 1.39. The SMILES string of the molecule is CCOC(=O)c1c(C)c2c(Cl)ncnc2n1Sc1ccccc1. The zero-order valence-electron chi connectivity index (χ0n) is 12.6. The lowest BCUT2D eigenvalue weighted by atomic mass is 10.2. The van der Waals surface area contributed by atoms with Crippen molar-refractivity contribution in [2.75, 3.05) is 6.61 Å². The van der Waals surface area contributed by atoms with Gasteiger partial charge in [-0.25, -0.2) is 14.8 Å². The van der Waals surface area contributed by atoms with Gasteiger partial charge in [0.1, 0.15) is 17.2 Å². The molecule has 0 radical (unpaired) electrons. The average molecular weight is 348 g/mol. The molecule has 7 heteroatoms. The van der Waals surface area contributed by atoms with Crippen molar-refractivity contribution in [1.82, 2.24) is 13.9 Å². The highest BCUT2D eigenvalue weighted by molar-refractivity contribution is 7.98. The highest BCUT2D eigenvalue weighted by Gasteiger charge is 2.25. The van der Waals surface area contributed by atoms with Crippen molar-refractivity contribution < 1.29 is 9.53 Å². The summed E-state index contributed by atoms with van der Waals surface area (Å²) in [5, 5.41) is 0.992. The van der Waals surface area contributed by atoms with Gasteiger partial charge in [0.05, 0.1) is 12.0 Å². The van der Waals surface area contributed by atoms with Crippen LogP contribution in [0.5, 0.6) is 0 Å². The standard InChI is InChI=1S/C16H14ClN3O2S/c1-3-22-16(21)13-10(2)12-14(17)18-9-19-15(12)20(13)23-11-7-5-4-6-8-11/h4-9H,3H2,1-2H3. The number of aromatic nitrogens is 3. The van der Waals surface area contributed by atoms with Gasteiger partial charge in [0, 0.05) is 4.90 Å². The van der Waals surface area contributed by atoms with E-state index < -0.39 is 5.97 Å². The number of halogens is 1. The van der Waals surface area contributed by atoms with Crippen LogP contribution in [0.2, 0.25) is 5.15 Å². The number of carbonyl (C=O) groups excluding carboxylic acids is 1. The molecule has 3 rings (SSSR count). The molecule has 0 aliphatic carbocycles. The maximum Gasteiger partial charge on any atom is 0.356 e. The molecule has 1 aromatic carbocycles. The van der Waals surface area contributed by atoms with Crippen molar-refractivity contribution >= 4 is 40.6 Å². The molecular formula is C16H14ClN3O2S. The van der Waals surface area contributed by atoms with Gasteiger partial charge in [-0.05, 0) is 43.5 Å². The molecule has 0 atom stereocenters. The summed E-state index contributed by atoms with van der Waals surface area (Å²) in [7, 11) is 0. The van der Waals surface area contributed by atoms with Crippen LogP contribution in [0.1, 0.15) is 23.0 Å². The summed E-state index contributed by atoms with van der Waals surface area (Å²) in [6.45, 7) is 3.90. The number of nitrogens with zero attached hydrogens (tertiary/aromatic N) is 3. The normalized spacial score (nSPS) is 10.9. The molecule has 118 valence electrons. The first-order chi connectivity index (χ1) is 11.1. The van der Waals surface area contributed by atoms with E-state index in [0.29, 0.717) is 34.1 Å². The van der Waals surface area contributed by atoms with Gasteiger partial charge in [0.25, 0.3) is 0 Å². The molecule has 2 aromatic heterocycles. The summed E-state index contributed by atoms with van der Waals surface area (Å²) >= 11 is 7.60. The second-order valence-electron chi connectivity index (χ2n) is 4.76. The molecule has 0 fully saturated rings. The van der Waals surface area contributed by atoms with Crippen LogP contribution in [-0.4, -0.2) is 26.5 Å². The van der Waals surface area contributed by atoms with Crippen molar-refractivity contribution in [3.63, 3.8) is 0 Å². The van der Waals surface area contributed by atoms with Crippen molar-refractivity contribution in [2.45, 2.75) is 18.7 Å². The Morgan fingerprint density at radius 3 is 2.74 bits per heavy atom. The van der Waals surface area contributed by atoms with Gasteiger partial charge < -0.3 is 4.74 Å². The number of fused-ring (bicyclic) bond motifs is 1. The minimum atomic E-state index is -0.400. The first-order valence-corrected chi connectivity index (χ1v) is 8.20. The molecule has 0 amide bonds. The number of rotatable bonds is 4. The van der Waals surface area contributed by atoms with Gasteiger partial charge in [0.2, 0.25) is 0 Å². The van der Waals surface area contributed by atoms with E-state index in [0.717, 1.165) is 4.90 Å². The molecule has 3 aromatic rings. The van der Waals surface area contributed by atoms with E-state index in [2.05, 4.69) is 9.97 Å². The van der Waals surface area contributed by atoms with E-state index in [1.807, 2.05) is 37.3 Å². The Bertz CT molecular complexity index is 865. The van der Waals surface area contributed by atoms with E-state index in [1.54, 1.807) is 10.9 Å². The molecule has 0 unspecified atom stereocenters. The first-order valence-electron chi connectivity index (χ1n) is 7.05. The Morgan fingerprint density at radius 2 is 2.04 bits per heavy atom. The monoisotopic (exact) mass is 347 g/mol. The van der Waals surface area contributed by atoms with Crippen molar-refractivity contribution in [3.8, 4) is 0 Å². The number of aryl methyl sites for hydroxylation is 1. The quantitative estimate of drug-likeness (QED) is 0.524. The van der Waals surface area contributed by atoms with Crippen LogP contribution in [0.25, 0.3) is 11.0 Å². The van der Waals surface area contributed by atoms with Crippen molar-refractivity contribution in [2.24, 2.45) is 0 Å². The third kappa shape index (κ3) is 2.92. The second-order valence-corrected chi connectivity index (χ2v) is 6.13. The van der Waals surface area contributed by atoms with Gasteiger partial charge in [-0.2, -0.15) is 0 Å². The number of carbonyl (C=O) groups is 1. The van der Waals surface area contributed by atoms with Crippen LogP contribution >= 0.6 is 23.5 Å². The van der Waals surface area contributed by atoms with E-state index in [4.69, 9.17) is 16.3 Å². The molecular weight excluding hydrogens is 334 g/mol. The molecule has 0 spiro atoms. The number of ether oxygens (including phenoxy) is 1. The fourth-order valence-electron chi connectivity index (χ4n) is 2.32. The molecule has 0 bridgehead atoms. The Morgan fingerprint density at radius 1 is 1.30 bits per heavy atom. The smallest absolute Gasteiger partial charge is 0.356 e. The van der Waals surface area contributed by atoms with E-state index in [1.165, 1.54) is 18.3 Å². The van der Waals surface area contributed by atoms with E-state index >= 15 is 0 Å². The Kier molecular flexibility index (Phi) is 4.54. The van der Waals surface area contributed by atoms with Crippen LogP contribution in [0.3, 0.4) is 0 Å². The molecule has 0 saturated heterocycles. The number of hydrogen-bond donors (Lipinski definition) is 0.